The van der Waals surface area contributed by atoms with Gasteiger partial charge in [0.1, 0.15) is 36.0 Å². The van der Waals surface area contributed by atoms with Crippen LogP contribution < -0.4 is 11.3 Å². The van der Waals surface area contributed by atoms with E-state index in [1.54, 1.807) is 11.5 Å². The third kappa shape index (κ3) is 5.72. The molecule has 0 radical (unpaired) electrons. The molecule has 2 aliphatic heterocycles. The van der Waals surface area contributed by atoms with E-state index in [0.29, 0.717) is 17.0 Å². The number of nitrogen functional groups attached to an aromatic ring is 1. The van der Waals surface area contributed by atoms with Gasteiger partial charge in [-0.05, 0) is 37.0 Å². The van der Waals surface area contributed by atoms with Crippen molar-refractivity contribution in [3.8, 4) is 0 Å². The topological polar surface area (TPSA) is 260 Å². The lowest BCUT2D eigenvalue weighted by atomic mass is 9.99. The molecule has 248 valence electrons. The number of hydrogen-bond donors (Lipinski definition) is 6. The van der Waals surface area contributed by atoms with Crippen LogP contribution in [0.3, 0.4) is 0 Å². The van der Waals surface area contributed by atoms with Gasteiger partial charge >= 0.3 is 13.4 Å². The van der Waals surface area contributed by atoms with Crippen LogP contribution in [0, 0.1) is 18.8 Å². The van der Waals surface area contributed by atoms with E-state index in [9.17, 15) is 24.8 Å². The summed E-state index contributed by atoms with van der Waals surface area (Å²) in [4.78, 5) is 58.5. The van der Waals surface area contributed by atoms with Crippen LogP contribution in [0.2, 0.25) is 0 Å². The lowest BCUT2D eigenvalue weighted by molar-refractivity contribution is -0.0534. The molecule has 2 saturated heterocycles. The minimum atomic E-state index is -4.09. The highest BCUT2D eigenvalue weighted by atomic mass is 32.5. The Kier molecular flexibility index (Phi) is 8.37. The summed E-state index contributed by atoms with van der Waals surface area (Å²) < 4.78 is 32.7. The Morgan fingerprint density at radius 1 is 1.02 bits per heavy atom. The lowest BCUT2D eigenvalue weighted by Crippen LogP contribution is -2.33. The number of aromatic nitrogens is 8. The van der Waals surface area contributed by atoms with Gasteiger partial charge in [0.05, 0.1) is 44.6 Å². The molecule has 0 amide bonds. The zero-order chi connectivity index (χ0) is 32.5. The van der Waals surface area contributed by atoms with E-state index in [-0.39, 0.29) is 36.6 Å². The maximum atomic E-state index is 12.5. The highest BCUT2D eigenvalue weighted by Gasteiger charge is 2.52. The van der Waals surface area contributed by atoms with Gasteiger partial charge in [0.15, 0.2) is 28.9 Å². The van der Waals surface area contributed by atoms with Crippen molar-refractivity contribution >= 4 is 65.2 Å². The molecule has 2 bridgehead atoms. The first-order chi connectivity index (χ1) is 21.9. The standard InChI is InChI=1S/C23H29N9O10P2S2/c1-9-29-21-15(22(35)30-9)28-8-32(21)23-18-11(3-33)13(40-23)5-39-44(37,46)41-17-10(4-38-43(36,45)42-18)2-12(16(17)34)31-7-27-14-19(24)25-6-26-20(14)31/h6-8,10-13,16-18,23,33-34H,2-5H2,1H3,(H,36,45)(H,37,46)(H2,24,25,26)(H,29,30,35)/t10-,11-,12-,13-,16+,17-,18-,23-,43?,44?/m1/s1. The molecule has 10 atom stereocenters. The first kappa shape index (κ1) is 32.2. The highest BCUT2D eigenvalue weighted by Crippen LogP contribution is 2.56. The number of fused-ring (bicyclic) bond motifs is 5. The summed E-state index contributed by atoms with van der Waals surface area (Å²) in [6.07, 6.45) is -1.38. The molecule has 46 heavy (non-hydrogen) atoms. The number of aromatic amines is 1. The summed E-state index contributed by atoms with van der Waals surface area (Å²) in [6.45, 7) is -7.72. The number of imidazole rings is 2. The van der Waals surface area contributed by atoms with Gasteiger partial charge in [-0.25, -0.2) is 24.9 Å². The second-order valence-electron chi connectivity index (χ2n) is 11.2. The van der Waals surface area contributed by atoms with Crippen molar-refractivity contribution in [2.24, 2.45) is 11.8 Å². The van der Waals surface area contributed by atoms with Crippen molar-refractivity contribution in [3.05, 3.63) is 35.2 Å². The Hall–Kier alpha value is -2.36. The smallest absolute Gasteiger partial charge is 0.324 e. The van der Waals surface area contributed by atoms with Gasteiger partial charge in [-0.2, -0.15) is 0 Å². The van der Waals surface area contributed by atoms with Crippen molar-refractivity contribution < 1.29 is 42.8 Å². The summed E-state index contributed by atoms with van der Waals surface area (Å²) in [5.41, 5.74) is 6.37. The summed E-state index contributed by atoms with van der Waals surface area (Å²) >= 11 is 10.7. The van der Waals surface area contributed by atoms with Crippen molar-refractivity contribution in [3.63, 3.8) is 0 Å². The Labute approximate surface area is 269 Å². The molecule has 3 aliphatic rings. The fraction of sp³-hybridized carbons (Fsp3) is 0.565. The van der Waals surface area contributed by atoms with Gasteiger partial charge < -0.3 is 58.1 Å². The zero-order valence-corrected chi connectivity index (χ0v) is 27.3. The van der Waals surface area contributed by atoms with E-state index < -0.39 is 74.1 Å². The van der Waals surface area contributed by atoms with Gasteiger partial charge in [0.25, 0.3) is 5.56 Å². The van der Waals surface area contributed by atoms with Gasteiger partial charge in [0.2, 0.25) is 0 Å². The van der Waals surface area contributed by atoms with Crippen LogP contribution in [0.1, 0.15) is 24.5 Å². The number of aryl methyl sites for hydroxylation is 1. The SMILES string of the molecule is Cc1nc2c(ncn2[C@@H]2O[C@@H]3COP(O)(=S)O[C@@H]4[C@@H](COP(O)(=S)O[C@@H]2[C@@H]3CO)C[C@@H](n2cnc3c(N)ncnc32)[C@@H]4O)c(=O)[nH]1. The largest absolute Gasteiger partial charge is 0.396 e. The minimum absolute atomic E-state index is 0.0294. The Morgan fingerprint density at radius 2 is 1.72 bits per heavy atom. The molecule has 7 N–H and O–H groups in total. The third-order valence-electron chi connectivity index (χ3n) is 8.38. The van der Waals surface area contributed by atoms with Crippen LogP contribution in [-0.2, 0) is 46.4 Å². The maximum absolute atomic E-state index is 12.5. The molecule has 23 heteroatoms. The normalized spacial score (nSPS) is 37.2. The molecule has 1 aliphatic carbocycles. The number of nitrogens with zero attached hydrogens (tertiary/aromatic N) is 7. The van der Waals surface area contributed by atoms with Gasteiger partial charge in [-0.15, -0.1) is 0 Å². The number of nitrogens with one attached hydrogen (secondary N) is 1. The Balaban J connectivity index is 1.22. The quantitative estimate of drug-likeness (QED) is 0.146. The molecular weight excluding hydrogens is 688 g/mol. The number of aliphatic hydroxyl groups excluding tert-OH is 2. The Morgan fingerprint density at radius 3 is 2.48 bits per heavy atom. The number of ether oxygens (including phenoxy) is 1. The number of rotatable bonds is 3. The number of nitrogens with two attached hydrogens (primary N) is 1. The number of H-pyrrole nitrogens is 1. The summed E-state index contributed by atoms with van der Waals surface area (Å²) in [5, 5.41) is 21.9. The predicted octanol–water partition coefficient (Wildman–Crippen LogP) is -0.471. The lowest BCUT2D eigenvalue weighted by Gasteiger charge is -2.29. The first-order valence-corrected chi connectivity index (χ1v) is 19.2. The second-order valence-corrected chi connectivity index (χ2v) is 16.8. The number of anilines is 1. The molecule has 2 unspecified atom stereocenters. The second kappa shape index (κ2) is 12.0. The van der Waals surface area contributed by atoms with E-state index >= 15 is 0 Å². The summed E-state index contributed by atoms with van der Waals surface area (Å²) in [6, 6.07) is -0.686. The average molecular weight is 718 g/mol. The van der Waals surface area contributed by atoms with Crippen molar-refractivity contribution in [2.45, 2.75) is 50.0 Å². The molecule has 7 rings (SSSR count). The van der Waals surface area contributed by atoms with E-state index in [0.717, 1.165) is 0 Å². The van der Waals surface area contributed by atoms with E-state index in [2.05, 4.69) is 29.9 Å². The Bertz CT molecular complexity index is 1960. The van der Waals surface area contributed by atoms with Crippen LogP contribution in [0.15, 0.2) is 23.8 Å². The fourth-order valence-corrected chi connectivity index (χ4v) is 9.22. The first-order valence-electron chi connectivity index (χ1n) is 14.0. The van der Waals surface area contributed by atoms with Gasteiger partial charge in [-0.1, -0.05) is 0 Å². The summed E-state index contributed by atoms with van der Waals surface area (Å²) in [7, 11) is 0. The summed E-state index contributed by atoms with van der Waals surface area (Å²) in [5.74, 6) is -1.08. The predicted molar refractivity (Wildman–Crippen MR) is 165 cm³/mol. The highest BCUT2D eigenvalue weighted by molar-refractivity contribution is 8.07. The van der Waals surface area contributed by atoms with Gasteiger partial charge in [0, 0.05) is 11.8 Å². The number of aliphatic hydroxyl groups is 2. The third-order valence-corrected chi connectivity index (χ3v) is 11.5. The fourth-order valence-electron chi connectivity index (χ4n) is 6.25. The maximum Gasteiger partial charge on any atom is 0.324 e. The average Bonchev–Trinajstić information content (AvgIpc) is 3.75. The van der Waals surface area contributed by atoms with Crippen molar-refractivity contribution in [1.82, 2.24) is 39.0 Å². The molecule has 6 heterocycles. The molecule has 0 spiro atoms. The van der Waals surface area contributed by atoms with Gasteiger partial charge in [-0.3, -0.25) is 9.36 Å². The zero-order valence-electron chi connectivity index (χ0n) is 23.8. The van der Waals surface area contributed by atoms with E-state index in [1.165, 1.54) is 23.5 Å². The minimum Gasteiger partial charge on any atom is -0.396 e. The van der Waals surface area contributed by atoms with E-state index in [1.807, 2.05) is 0 Å². The molecular formula is C23H29N9O10P2S2. The van der Waals surface area contributed by atoms with Crippen molar-refractivity contribution in [1.29, 1.82) is 0 Å². The molecule has 3 fully saturated rings. The van der Waals surface area contributed by atoms with Crippen LogP contribution in [0.5, 0.6) is 0 Å². The molecule has 19 nitrogen and oxygen atoms in total. The number of hydrogen-bond acceptors (Lipinski definition) is 16. The van der Waals surface area contributed by atoms with Crippen molar-refractivity contribution in [2.75, 3.05) is 25.6 Å². The van der Waals surface area contributed by atoms with Crippen LogP contribution in [-0.4, -0.2) is 103 Å². The van der Waals surface area contributed by atoms with Crippen LogP contribution in [0.4, 0.5) is 5.82 Å². The molecule has 0 aromatic carbocycles. The molecule has 1 saturated carbocycles. The monoisotopic (exact) mass is 717 g/mol. The van der Waals surface area contributed by atoms with Crippen LogP contribution >= 0.6 is 13.4 Å². The molecule has 4 aromatic rings. The van der Waals surface area contributed by atoms with Crippen LogP contribution in [0.25, 0.3) is 22.3 Å². The molecule has 4 aromatic heterocycles. The van der Waals surface area contributed by atoms with E-state index in [4.69, 9.17) is 52.2 Å².